The van der Waals surface area contributed by atoms with Crippen LogP contribution >= 0.6 is 0 Å². The molecule has 1 aliphatic heterocycles. The van der Waals surface area contributed by atoms with Gasteiger partial charge in [-0.15, -0.1) is 0 Å². The van der Waals surface area contributed by atoms with Crippen molar-refractivity contribution in [1.82, 2.24) is 4.90 Å². The van der Waals surface area contributed by atoms with Crippen molar-refractivity contribution in [2.75, 3.05) is 11.5 Å². The normalized spacial score (nSPS) is 18.1. The summed E-state index contributed by atoms with van der Waals surface area (Å²) in [5.74, 6) is -0.754. The molecule has 158 valence electrons. The van der Waals surface area contributed by atoms with Gasteiger partial charge in [0.15, 0.2) is 15.6 Å². The average molecular weight is 430 g/mol. The number of aryl methyl sites for hydroxylation is 3. The van der Waals surface area contributed by atoms with Gasteiger partial charge >= 0.3 is 0 Å². The van der Waals surface area contributed by atoms with Crippen molar-refractivity contribution in [1.29, 1.82) is 0 Å². The van der Waals surface area contributed by atoms with Crippen LogP contribution in [0, 0.1) is 26.6 Å². The van der Waals surface area contributed by atoms with Crippen LogP contribution in [-0.2, 0) is 16.4 Å². The zero-order valence-corrected chi connectivity index (χ0v) is 18.1. The number of hydrogen-bond acceptors (Lipinski definition) is 4. The summed E-state index contributed by atoms with van der Waals surface area (Å²) >= 11 is 0. The first-order chi connectivity index (χ1) is 14.2. The van der Waals surface area contributed by atoms with Gasteiger partial charge in [0.2, 0.25) is 0 Å². The molecule has 1 atom stereocenters. The van der Waals surface area contributed by atoms with Crippen LogP contribution in [0.4, 0.5) is 4.39 Å². The molecule has 2 aromatic carbocycles. The summed E-state index contributed by atoms with van der Waals surface area (Å²) in [6, 6.07) is 9.67. The Hall–Kier alpha value is -2.67. The molecule has 2 heterocycles. The molecule has 0 spiro atoms. The number of sulfone groups is 1. The molecule has 5 nitrogen and oxygen atoms in total. The highest BCUT2D eigenvalue weighted by atomic mass is 32.2. The van der Waals surface area contributed by atoms with Crippen LogP contribution in [0.5, 0.6) is 0 Å². The third-order valence-corrected chi connectivity index (χ3v) is 7.52. The van der Waals surface area contributed by atoms with Gasteiger partial charge in [0.05, 0.1) is 11.5 Å². The fraction of sp³-hybridized carbons (Fsp3) is 0.348. The molecule has 1 unspecified atom stereocenters. The number of furan rings is 1. The van der Waals surface area contributed by atoms with Crippen molar-refractivity contribution in [3.63, 3.8) is 0 Å². The van der Waals surface area contributed by atoms with Gasteiger partial charge < -0.3 is 9.32 Å². The van der Waals surface area contributed by atoms with Crippen molar-refractivity contribution < 1.29 is 22.0 Å². The number of nitrogens with zero attached hydrogens (tertiary/aromatic N) is 1. The summed E-state index contributed by atoms with van der Waals surface area (Å²) in [7, 11) is -3.22. The second-order valence-electron chi connectivity index (χ2n) is 8.10. The molecule has 3 aromatic rings. The average Bonchev–Trinajstić information content (AvgIpc) is 3.20. The minimum absolute atomic E-state index is 0.0137. The van der Waals surface area contributed by atoms with E-state index >= 15 is 0 Å². The quantitative estimate of drug-likeness (QED) is 0.619. The first-order valence-corrected chi connectivity index (χ1v) is 11.7. The molecule has 4 rings (SSSR count). The predicted octanol–water partition coefficient (Wildman–Crippen LogP) is 4.33. The van der Waals surface area contributed by atoms with Crippen molar-refractivity contribution >= 4 is 26.7 Å². The van der Waals surface area contributed by atoms with E-state index in [1.165, 1.54) is 11.0 Å². The first-order valence-electron chi connectivity index (χ1n) is 9.91. The summed E-state index contributed by atoms with van der Waals surface area (Å²) in [6.07, 6.45) is 0.333. The van der Waals surface area contributed by atoms with Gasteiger partial charge in [-0.3, -0.25) is 4.79 Å². The maximum absolute atomic E-state index is 14.3. The fourth-order valence-electron chi connectivity index (χ4n) is 4.20. The third-order valence-electron chi connectivity index (χ3n) is 5.77. The van der Waals surface area contributed by atoms with Crippen LogP contribution in [0.2, 0.25) is 0 Å². The predicted molar refractivity (Wildman–Crippen MR) is 114 cm³/mol. The van der Waals surface area contributed by atoms with E-state index in [4.69, 9.17) is 4.42 Å². The Kier molecular flexibility index (Phi) is 5.18. The van der Waals surface area contributed by atoms with Gasteiger partial charge in [0.25, 0.3) is 5.91 Å². The van der Waals surface area contributed by atoms with Crippen LogP contribution in [0.15, 0.2) is 40.8 Å². The molecule has 0 radical (unpaired) electrons. The standard InChI is InChI=1S/C23H24FNO4S/c1-14-10-15(2)21-19(11-14)16(3)22(29-21)23(26)25(18-8-9-30(27,28)13-18)12-17-6-4-5-7-20(17)24/h4-7,10-11,18H,8-9,12-13H2,1-3H3. The summed E-state index contributed by atoms with van der Waals surface area (Å²) in [5, 5.41) is 0.862. The van der Waals surface area contributed by atoms with Crippen LogP contribution in [0.1, 0.15) is 39.2 Å². The number of halogens is 1. The Morgan fingerprint density at radius 2 is 1.93 bits per heavy atom. The SMILES string of the molecule is Cc1cc(C)c2oc(C(=O)N(Cc3ccccc3F)C3CCS(=O)(=O)C3)c(C)c2c1. The Labute approximate surface area is 175 Å². The van der Waals surface area contributed by atoms with Crippen molar-refractivity contribution in [2.24, 2.45) is 0 Å². The molecule has 0 bridgehead atoms. The first kappa shape index (κ1) is 20.6. The van der Waals surface area contributed by atoms with E-state index in [0.717, 1.165) is 16.5 Å². The van der Waals surface area contributed by atoms with E-state index in [0.29, 0.717) is 23.1 Å². The van der Waals surface area contributed by atoms with Gasteiger partial charge in [-0.2, -0.15) is 0 Å². The topological polar surface area (TPSA) is 67.6 Å². The lowest BCUT2D eigenvalue weighted by molar-refractivity contribution is 0.0647. The molecule has 1 aromatic heterocycles. The molecular formula is C23H24FNO4S. The van der Waals surface area contributed by atoms with Crippen LogP contribution < -0.4 is 0 Å². The van der Waals surface area contributed by atoms with Gasteiger partial charge in [-0.1, -0.05) is 24.3 Å². The number of amides is 1. The minimum Gasteiger partial charge on any atom is -0.450 e. The molecular weight excluding hydrogens is 405 g/mol. The molecule has 0 saturated carbocycles. The van der Waals surface area contributed by atoms with E-state index in [1.807, 2.05) is 32.9 Å². The lowest BCUT2D eigenvalue weighted by atomic mass is 10.0. The molecule has 1 fully saturated rings. The van der Waals surface area contributed by atoms with Crippen LogP contribution in [-0.4, -0.2) is 36.8 Å². The second-order valence-corrected chi connectivity index (χ2v) is 10.3. The molecule has 1 saturated heterocycles. The van der Waals surface area contributed by atoms with Gasteiger partial charge in [-0.05, 0) is 50.5 Å². The minimum atomic E-state index is -3.22. The van der Waals surface area contributed by atoms with E-state index in [9.17, 15) is 17.6 Å². The van der Waals surface area contributed by atoms with Gasteiger partial charge in [-0.25, -0.2) is 12.8 Å². The largest absolute Gasteiger partial charge is 0.450 e. The highest BCUT2D eigenvalue weighted by Gasteiger charge is 2.37. The monoisotopic (exact) mass is 429 g/mol. The number of fused-ring (bicyclic) bond motifs is 1. The fourth-order valence-corrected chi connectivity index (χ4v) is 5.93. The van der Waals surface area contributed by atoms with Gasteiger partial charge in [0.1, 0.15) is 11.4 Å². The molecule has 30 heavy (non-hydrogen) atoms. The van der Waals surface area contributed by atoms with Crippen molar-refractivity contribution in [3.8, 4) is 0 Å². The number of benzene rings is 2. The van der Waals surface area contributed by atoms with Crippen molar-refractivity contribution in [2.45, 2.75) is 39.8 Å². The van der Waals surface area contributed by atoms with Crippen LogP contribution in [0.25, 0.3) is 11.0 Å². The van der Waals surface area contributed by atoms with E-state index < -0.39 is 27.6 Å². The lowest BCUT2D eigenvalue weighted by Gasteiger charge is -2.28. The molecule has 0 aliphatic carbocycles. The summed E-state index contributed by atoms with van der Waals surface area (Å²) in [4.78, 5) is 15.0. The third kappa shape index (κ3) is 3.74. The zero-order valence-electron chi connectivity index (χ0n) is 17.2. The number of hydrogen-bond donors (Lipinski definition) is 0. The van der Waals surface area contributed by atoms with E-state index in [1.54, 1.807) is 18.2 Å². The smallest absolute Gasteiger partial charge is 0.290 e. The Balaban J connectivity index is 1.78. The highest BCUT2D eigenvalue weighted by Crippen LogP contribution is 2.31. The summed E-state index contributed by atoms with van der Waals surface area (Å²) in [5.41, 5.74) is 3.69. The Bertz CT molecular complexity index is 1250. The summed E-state index contributed by atoms with van der Waals surface area (Å²) in [6.45, 7) is 5.71. The molecule has 1 amide bonds. The number of carbonyl (C=O) groups excluding carboxylic acids is 1. The second kappa shape index (κ2) is 7.54. The Morgan fingerprint density at radius 3 is 2.60 bits per heavy atom. The van der Waals surface area contributed by atoms with Crippen molar-refractivity contribution in [3.05, 3.63) is 70.2 Å². The van der Waals surface area contributed by atoms with E-state index in [2.05, 4.69) is 0 Å². The molecule has 7 heteroatoms. The summed E-state index contributed by atoms with van der Waals surface area (Å²) < 4.78 is 44.4. The number of rotatable bonds is 4. The maximum Gasteiger partial charge on any atom is 0.290 e. The van der Waals surface area contributed by atoms with E-state index in [-0.39, 0.29) is 23.8 Å². The van der Waals surface area contributed by atoms with Crippen LogP contribution in [0.3, 0.4) is 0 Å². The zero-order chi connectivity index (χ0) is 21.6. The molecule has 1 aliphatic rings. The lowest BCUT2D eigenvalue weighted by Crippen LogP contribution is -2.41. The van der Waals surface area contributed by atoms with Gasteiger partial charge in [0, 0.05) is 29.1 Å². The maximum atomic E-state index is 14.3. The Morgan fingerprint density at radius 1 is 1.20 bits per heavy atom. The highest BCUT2D eigenvalue weighted by molar-refractivity contribution is 7.91. The molecule has 0 N–H and O–H groups in total. The number of carbonyl (C=O) groups is 1.